The van der Waals surface area contributed by atoms with Crippen LogP contribution >= 0.6 is 11.6 Å². The molecule has 0 saturated carbocycles. The number of amides is 1. The third-order valence-electron chi connectivity index (χ3n) is 7.88. The summed E-state index contributed by atoms with van der Waals surface area (Å²) in [6, 6.07) is 12.6. The molecule has 1 unspecified atom stereocenters. The van der Waals surface area contributed by atoms with Crippen molar-refractivity contribution < 1.29 is 27.8 Å². The van der Waals surface area contributed by atoms with Crippen LogP contribution in [-0.4, -0.2) is 60.8 Å². The number of rotatable bonds is 9. The summed E-state index contributed by atoms with van der Waals surface area (Å²) in [5, 5.41) is 16.0. The maximum atomic E-state index is 15.5. The van der Waals surface area contributed by atoms with Crippen molar-refractivity contribution in [2.45, 2.75) is 33.4 Å². The number of benzene rings is 3. The number of nitrogens with zero attached hydrogens (tertiary/aromatic N) is 5. The second kappa shape index (κ2) is 13.8. The largest absolute Gasteiger partial charge is 0.530 e. The number of halogens is 4. The van der Waals surface area contributed by atoms with Crippen LogP contribution in [0.15, 0.2) is 60.8 Å². The standard InChI is InChI=1S/C33H34ClF3N6O3/c1-19-15-20(2)29(21(3)16-19)30(24-17-22(34)5-7-25(24)35)43(33(44)45)28-9-10-38-32(40-28)39-23-6-8-26(27(18-23)46-31(36)37)42-13-11-41(4)12-14-42/h5-10,15-18,30-31H,11-14H2,1-4H3,(H,44,45)(H,38,39,40)/p-1. The molecule has 0 spiro atoms. The van der Waals surface area contributed by atoms with E-state index < -0.39 is 24.6 Å². The van der Waals surface area contributed by atoms with Crippen molar-refractivity contribution in [2.24, 2.45) is 0 Å². The van der Waals surface area contributed by atoms with Crippen LogP contribution in [0, 0.1) is 26.6 Å². The van der Waals surface area contributed by atoms with Crippen LogP contribution in [0.3, 0.4) is 0 Å². The number of ether oxygens (including phenoxy) is 1. The van der Waals surface area contributed by atoms with Crippen molar-refractivity contribution in [3.05, 3.63) is 99.5 Å². The highest BCUT2D eigenvalue weighted by Crippen LogP contribution is 2.39. The molecule has 13 heteroatoms. The lowest BCUT2D eigenvalue weighted by atomic mass is 9.88. The molecule has 46 heavy (non-hydrogen) atoms. The lowest BCUT2D eigenvalue weighted by Gasteiger charge is -2.36. The fourth-order valence-electron chi connectivity index (χ4n) is 5.87. The van der Waals surface area contributed by atoms with Crippen LogP contribution < -0.4 is 25.0 Å². The molecule has 1 amide bonds. The van der Waals surface area contributed by atoms with Gasteiger partial charge >= 0.3 is 6.61 Å². The minimum Gasteiger partial charge on any atom is -0.530 e. The van der Waals surface area contributed by atoms with Gasteiger partial charge in [-0.1, -0.05) is 29.3 Å². The highest BCUT2D eigenvalue weighted by molar-refractivity contribution is 6.30. The van der Waals surface area contributed by atoms with E-state index in [1.54, 1.807) is 12.1 Å². The summed E-state index contributed by atoms with van der Waals surface area (Å²) in [4.78, 5) is 26.5. The van der Waals surface area contributed by atoms with E-state index in [0.29, 0.717) is 30.0 Å². The first-order valence-electron chi connectivity index (χ1n) is 14.6. The predicted octanol–water partition coefficient (Wildman–Crippen LogP) is 6.23. The van der Waals surface area contributed by atoms with Crippen molar-refractivity contribution in [1.29, 1.82) is 0 Å². The van der Waals surface area contributed by atoms with Crippen LogP contribution in [0.5, 0.6) is 5.75 Å². The minimum atomic E-state index is -3.05. The quantitative estimate of drug-likeness (QED) is 0.227. The van der Waals surface area contributed by atoms with Crippen molar-refractivity contribution in [1.82, 2.24) is 14.9 Å². The summed E-state index contributed by atoms with van der Waals surface area (Å²) in [6.07, 6.45) is -0.312. The molecule has 1 aliphatic rings. The predicted molar refractivity (Wildman–Crippen MR) is 170 cm³/mol. The Balaban J connectivity index is 1.55. The highest BCUT2D eigenvalue weighted by Gasteiger charge is 2.31. The Hall–Kier alpha value is -4.55. The molecule has 5 rings (SSSR count). The van der Waals surface area contributed by atoms with Crippen molar-refractivity contribution >= 4 is 40.8 Å². The molecule has 3 aromatic carbocycles. The van der Waals surface area contributed by atoms with E-state index in [1.807, 2.05) is 44.9 Å². The molecule has 1 N–H and O–H groups in total. The molecule has 242 valence electrons. The Labute approximate surface area is 270 Å². The molecule has 1 aliphatic heterocycles. The van der Waals surface area contributed by atoms with E-state index in [9.17, 15) is 18.7 Å². The highest BCUT2D eigenvalue weighted by atomic mass is 35.5. The number of nitrogens with one attached hydrogen (secondary N) is 1. The lowest BCUT2D eigenvalue weighted by molar-refractivity contribution is -0.247. The Morgan fingerprint density at radius 2 is 1.72 bits per heavy atom. The molecule has 1 saturated heterocycles. The number of hydrogen-bond acceptors (Lipinski definition) is 8. The first kappa shape index (κ1) is 32.8. The lowest BCUT2D eigenvalue weighted by Crippen LogP contribution is -2.45. The number of alkyl halides is 2. The molecule has 0 radical (unpaired) electrons. The molecule has 0 aliphatic carbocycles. The van der Waals surface area contributed by atoms with Gasteiger partial charge in [0.1, 0.15) is 17.7 Å². The Kier molecular flexibility index (Phi) is 9.88. The number of hydrogen-bond donors (Lipinski definition) is 1. The Morgan fingerprint density at radius 3 is 2.37 bits per heavy atom. The zero-order valence-corrected chi connectivity index (χ0v) is 26.5. The van der Waals surface area contributed by atoms with Crippen molar-refractivity contribution in [2.75, 3.05) is 48.3 Å². The van der Waals surface area contributed by atoms with E-state index in [-0.39, 0.29) is 28.1 Å². The number of aromatic nitrogens is 2. The summed E-state index contributed by atoms with van der Waals surface area (Å²) < 4.78 is 47.1. The molecular formula is C33H33ClF3N6O3-. The van der Waals surface area contributed by atoms with E-state index in [0.717, 1.165) is 34.7 Å². The van der Waals surface area contributed by atoms with E-state index in [1.165, 1.54) is 36.5 Å². The molecule has 4 aromatic rings. The van der Waals surface area contributed by atoms with Crippen LogP contribution in [0.4, 0.5) is 41.1 Å². The van der Waals surface area contributed by atoms with E-state index in [2.05, 4.69) is 20.2 Å². The summed E-state index contributed by atoms with van der Waals surface area (Å²) in [7, 11) is 1.99. The third kappa shape index (κ3) is 7.29. The van der Waals surface area contributed by atoms with Gasteiger partial charge in [0.15, 0.2) is 5.75 Å². The molecular weight excluding hydrogens is 621 g/mol. The van der Waals surface area contributed by atoms with Gasteiger partial charge < -0.3 is 34.7 Å². The fraction of sp³-hybridized carbons (Fsp3) is 0.303. The number of carbonyl (C=O) groups is 1. The Morgan fingerprint density at radius 1 is 1.02 bits per heavy atom. The number of carboxylic acid groups (broad SMARTS) is 1. The minimum absolute atomic E-state index is 0.00755. The molecule has 2 heterocycles. The van der Waals surface area contributed by atoms with Crippen LogP contribution in [0.25, 0.3) is 0 Å². The second-order valence-corrected chi connectivity index (χ2v) is 11.7. The topological polar surface area (TPSA) is 96.9 Å². The number of aryl methyl sites for hydroxylation is 3. The van der Waals surface area contributed by atoms with Gasteiger partial charge in [-0.15, -0.1) is 0 Å². The molecule has 9 nitrogen and oxygen atoms in total. The molecule has 1 atom stereocenters. The maximum absolute atomic E-state index is 15.5. The van der Waals surface area contributed by atoms with Crippen LogP contribution in [0.2, 0.25) is 5.02 Å². The van der Waals surface area contributed by atoms with Gasteiger partial charge in [0.05, 0.1) is 11.7 Å². The summed E-state index contributed by atoms with van der Waals surface area (Å²) >= 11 is 6.26. The zero-order valence-electron chi connectivity index (χ0n) is 25.7. The van der Waals surface area contributed by atoms with Crippen molar-refractivity contribution in [3.8, 4) is 5.75 Å². The first-order chi connectivity index (χ1) is 21.9. The Bertz CT molecular complexity index is 1710. The van der Waals surface area contributed by atoms with Gasteiger partial charge in [0.2, 0.25) is 5.95 Å². The van der Waals surface area contributed by atoms with Gasteiger partial charge in [-0.05, 0) is 80.9 Å². The van der Waals surface area contributed by atoms with Gasteiger partial charge in [-0.3, -0.25) is 0 Å². The molecule has 1 fully saturated rings. The number of piperazine rings is 1. The third-order valence-corrected chi connectivity index (χ3v) is 8.12. The molecule has 0 bridgehead atoms. The van der Waals surface area contributed by atoms with E-state index in [4.69, 9.17) is 16.3 Å². The summed E-state index contributed by atoms with van der Waals surface area (Å²) in [5.74, 6) is -0.848. The maximum Gasteiger partial charge on any atom is 0.387 e. The number of likely N-dealkylation sites (N-methyl/N-ethyl adjacent to an activating group) is 1. The van der Waals surface area contributed by atoms with Gasteiger partial charge in [0, 0.05) is 54.7 Å². The SMILES string of the molecule is Cc1cc(C)c(C(c2cc(Cl)ccc2F)N(C(=O)[O-])c2ccnc(Nc3ccc(N4CCN(C)CC4)c(OC(F)F)c3)n2)c(C)c1. The van der Waals surface area contributed by atoms with Gasteiger partial charge in [-0.25, -0.2) is 9.37 Å². The summed E-state index contributed by atoms with van der Waals surface area (Å²) in [6.45, 7) is 5.31. The number of anilines is 4. The van der Waals surface area contributed by atoms with Crippen molar-refractivity contribution in [3.63, 3.8) is 0 Å². The molecule has 1 aromatic heterocycles. The van der Waals surface area contributed by atoms with Gasteiger partial charge in [-0.2, -0.15) is 13.8 Å². The van der Waals surface area contributed by atoms with E-state index >= 15 is 4.39 Å². The fourth-order valence-corrected chi connectivity index (χ4v) is 6.05. The number of carbonyl (C=O) groups excluding carboxylic acids is 1. The normalized spacial score (nSPS) is 14.3. The van der Waals surface area contributed by atoms with Crippen LogP contribution in [0.1, 0.15) is 33.9 Å². The zero-order chi connectivity index (χ0) is 33.1. The summed E-state index contributed by atoms with van der Waals surface area (Å²) in [5.41, 5.74) is 3.80. The first-order valence-corrected chi connectivity index (χ1v) is 14.9. The average molecular weight is 654 g/mol. The van der Waals surface area contributed by atoms with Crippen LogP contribution in [-0.2, 0) is 0 Å². The second-order valence-electron chi connectivity index (χ2n) is 11.2. The smallest absolute Gasteiger partial charge is 0.387 e. The van der Waals surface area contributed by atoms with Gasteiger partial charge in [0.25, 0.3) is 0 Å². The average Bonchev–Trinajstić information content (AvgIpc) is 2.98. The monoisotopic (exact) mass is 653 g/mol.